The first-order chi connectivity index (χ1) is 7.61. The van der Waals surface area contributed by atoms with Crippen molar-refractivity contribution >= 4 is 0 Å². The van der Waals surface area contributed by atoms with Crippen molar-refractivity contribution < 1.29 is 0 Å². The Morgan fingerprint density at radius 3 is 2.06 bits per heavy atom. The summed E-state index contributed by atoms with van der Waals surface area (Å²) in [4.78, 5) is 2.00. The van der Waals surface area contributed by atoms with Crippen molar-refractivity contribution in [1.82, 2.24) is 4.90 Å². The summed E-state index contributed by atoms with van der Waals surface area (Å²) < 4.78 is 0. The molecule has 0 bridgehead atoms. The lowest BCUT2D eigenvalue weighted by atomic mass is 10.2. The van der Waals surface area contributed by atoms with Crippen LogP contribution in [0.4, 0.5) is 0 Å². The Bertz CT molecular complexity index is 247. The lowest BCUT2D eigenvalue weighted by Crippen LogP contribution is -2.35. The Balaban J connectivity index is 0.000000293. The Labute approximate surface area is 99.4 Å². The van der Waals surface area contributed by atoms with Crippen LogP contribution in [-0.4, -0.2) is 31.7 Å². The third kappa shape index (κ3) is 7.40. The maximum absolute atomic E-state index is 5.54. The molecule has 0 aromatic heterocycles. The Morgan fingerprint density at radius 2 is 1.75 bits per heavy atom. The standard InChI is InChI=1S/C8H11N.C5H14N2/c9-7-6-8-4-2-1-3-5-8;1-4-5(6)7(2)3/h1-5H,6-7,9H2;5H,4,6H2,1-3H3. The van der Waals surface area contributed by atoms with Crippen molar-refractivity contribution in [3.63, 3.8) is 0 Å². The molecule has 1 atom stereocenters. The van der Waals surface area contributed by atoms with Crippen molar-refractivity contribution in [1.29, 1.82) is 0 Å². The predicted octanol–water partition coefficient (Wildman–Crippen LogP) is 1.43. The van der Waals surface area contributed by atoms with Gasteiger partial charge < -0.3 is 11.5 Å². The molecule has 0 amide bonds. The largest absolute Gasteiger partial charge is 0.330 e. The summed E-state index contributed by atoms with van der Waals surface area (Å²) >= 11 is 0. The summed E-state index contributed by atoms with van der Waals surface area (Å²) in [6.07, 6.45) is 2.24. The van der Waals surface area contributed by atoms with Gasteiger partial charge in [-0.25, -0.2) is 0 Å². The molecular formula is C13H25N3. The Kier molecular flexibility index (Phi) is 8.81. The molecule has 92 valence electrons. The highest BCUT2D eigenvalue weighted by Gasteiger charge is 1.97. The van der Waals surface area contributed by atoms with Crippen LogP contribution in [0.3, 0.4) is 0 Å². The van der Waals surface area contributed by atoms with Crippen molar-refractivity contribution in [3.8, 4) is 0 Å². The normalized spacial score (nSPS) is 11.9. The fraction of sp³-hybridized carbons (Fsp3) is 0.538. The minimum absolute atomic E-state index is 0.236. The number of rotatable bonds is 4. The second-order valence-electron chi connectivity index (χ2n) is 3.96. The molecule has 1 aromatic carbocycles. The van der Waals surface area contributed by atoms with Gasteiger partial charge in [-0.05, 0) is 39.0 Å². The highest BCUT2D eigenvalue weighted by molar-refractivity contribution is 5.14. The number of hydrogen-bond donors (Lipinski definition) is 2. The van der Waals surface area contributed by atoms with Crippen LogP contribution >= 0.6 is 0 Å². The first kappa shape index (κ1) is 15.1. The van der Waals surface area contributed by atoms with Gasteiger partial charge in [0.05, 0.1) is 6.17 Å². The van der Waals surface area contributed by atoms with Crippen LogP contribution in [0.15, 0.2) is 30.3 Å². The van der Waals surface area contributed by atoms with Crippen LogP contribution in [0, 0.1) is 0 Å². The smallest absolute Gasteiger partial charge is 0.0563 e. The maximum Gasteiger partial charge on any atom is 0.0563 e. The van der Waals surface area contributed by atoms with Crippen molar-refractivity contribution in [2.75, 3.05) is 20.6 Å². The molecule has 1 unspecified atom stereocenters. The zero-order valence-corrected chi connectivity index (χ0v) is 10.7. The molecule has 1 rings (SSSR count). The lowest BCUT2D eigenvalue weighted by molar-refractivity contribution is 0.293. The molecule has 1 aromatic rings. The molecule has 0 aliphatic heterocycles. The fourth-order valence-corrected chi connectivity index (χ4v) is 1.18. The average Bonchev–Trinajstić information content (AvgIpc) is 2.30. The van der Waals surface area contributed by atoms with E-state index in [0.717, 1.165) is 19.4 Å². The van der Waals surface area contributed by atoms with E-state index in [1.807, 2.05) is 37.2 Å². The number of nitrogens with zero attached hydrogens (tertiary/aromatic N) is 1. The second-order valence-corrected chi connectivity index (χ2v) is 3.96. The summed E-state index contributed by atoms with van der Waals surface area (Å²) in [6.45, 7) is 2.81. The summed E-state index contributed by atoms with van der Waals surface area (Å²) in [5.74, 6) is 0. The third-order valence-corrected chi connectivity index (χ3v) is 2.36. The maximum atomic E-state index is 5.54. The van der Waals surface area contributed by atoms with Crippen molar-refractivity contribution in [2.45, 2.75) is 25.9 Å². The highest BCUT2D eigenvalue weighted by Crippen LogP contribution is 1.96. The van der Waals surface area contributed by atoms with Gasteiger partial charge in [0, 0.05) is 0 Å². The van der Waals surface area contributed by atoms with Crippen LogP contribution in [0.25, 0.3) is 0 Å². The van der Waals surface area contributed by atoms with Crippen LogP contribution in [0.2, 0.25) is 0 Å². The van der Waals surface area contributed by atoms with Gasteiger partial charge in [0.25, 0.3) is 0 Å². The van der Waals surface area contributed by atoms with Gasteiger partial charge in [-0.15, -0.1) is 0 Å². The summed E-state index contributed by atoms with van der Waals surface area (Å²) in [6, 6.07) is 10.3. The van der Waals surface area contributed by atoms with E-state index in [9.17, 15) is 0 Å². The van der Waals surface area contributed by atoms with E-state index >= 15 is 0 Å². The predicted molar refractivity (Wildman–Crippen MR) is 71.2 cm³/mol. The zero-order chi connectivity index (χ0) is 12.4. The summed E-state index contributed by atoms with van der Waals surface area (Å²) in [7, 11) is 3.96. The van der Waals surface area contributed by atoms with E-state index in [4.69, 9.17) is 11.5 Å². The second kappa shape index (κ2) is 9.33. The number of benzene rings is 1. The Morgan fingerprint density at radius 1 is 1.19 bits per heavy atom. The molecule has 0 aliphatic rings. The van der Waals surface area contributed by atoms with E-state index in [0.29, 0.717) is 0 Å². The van der Waals surface area contributed by atoms with Gasteiger partial charge >= 0.3 is 0 Å². The molecule has 4 N–H and O–H groups in total. The van der Waals surface area contributed by atoms with Gasteiger partial charge in [-0.1, -0.05) is 37.3 Å². The zero-order valence-electron chi connectivity index (χ0n) is 10.7. The van der Waals surface area contributed by atoms with Crippen LogP contribution in [0.1, 0.15) is 18.9 Å². The molecule has 0 fully saturated rings. The van der Waals surface area contributed by atoms with Crippen molar-refractivity contribution in [3.05, 3.63) is 35.9 Å². The van der Waals surface area contributed by atoms with Gasteiger partial charge in [-0.3, -0.25) is 4.90 Å². The monoisotopic (exact) mass is 223 g/mol. The molecule has 0 saturated carbocycles. The fourth-order valence-electron chi connectivity index (χ4n) is 1.18. The van der Waals surface area contributed by atoms with Gasteiger partial charge in [-0.2, -0.15) is 0 Å². The first-order valence-electron chi connectivity index (χ1n) is 5.77. The molecule has 0 radical (unpaired) electrons. The summed E-state index contributed by atoms with van der Waals surface area (Å²) in [5.41, 5.74) is 12.2. The highest BCUT2D eigenvalue weighted by atomic mass is 15.2. The topological polar surface area (TPSA) is 55.3 Å². The van der Waals surface area contributed by atoms with Crippen LogP contribution in [-0.2, 0) is 6.42 Å². The molecule has 0 aliphatic carbocycles. The van der Waals surface area contributed by atoms with E-state index < -0.39 is 0 Å². The molecule has 0 spiro atoms. The number of hydrogen-bond acceptors (Lipinski definition) is 3. The molecule has 0 saturated heterocycles. The van der Waals surface area contributed by atoms with Crippen LogP contribution in [0.5, 0.6) is 0 Å². The van der Waals surface area contributed by atoms with Gasteiger partial charge in [0.1, 0.15) is 0 Å². The molecule has 0 heterocycles. The van der Waals surface area contributed by atoms with Crippen LogP contribution < -0.4 is 11.5 Å². The van der Waals surface area contributed by atoms with E-state index in [1.54, 1.807) is 0 Å². The minimum atomic E-state index is 0.236. The molecule has 16 heavy (non-hydrogen) atoms. The lowest BCUT2D eigenvalue weighted by Gasteiger charge is -2.16. The molecule has 3 heteroatoms. The molecular weight excluding hydrogens is 198 g/mol. The quantitative estimate of drug-likeness (QED) is 0.759. The third-order valence-electron chi connectivity index (χ3n) is 2.36. The minimum Gasteiger partial charge on any atom is -0.330 e. The average molecular weight is 223 g/mol. The van der Waals surface area contributed by atoms with Gasteiger partial charge in [0.15, 0.2) is 0 Å². The van der Waals surface area contributed by atoms with Crippen molar-refractivity contribution in [2.24, 2.45) is 11.5 Å². The van der Waals surface area contributed by atoms with E-state index in [1.165, 1.54) is 5.56 Å². The summed E-state index contributed by atoms with van der Waals surface area (Å²) in [5, 5.41) is 0. The molecule has 3 nitrogen and oxygen atoms in total. The van der Waals surface area contributed by atoms with E-state index in [2.05, 4.69) is 19.1 Å². The first-order valence-corrected chi connectivity index (χ1v) is 5.77. The van der Waals surface area contributed by atoms with Gasteiger partial charge in [0.2, 0.25) is 0 Å². The van der Waals surface area contributed by atoms with E-state index in [-0.39, 0.29) is 6.17 Å². The Hall–Kier alpha value is -0.900. The SMILES string of the molecule is CCC(N)N(C)C.NCCc1ccccc1. The number of nitrogens with two attached hydrogens (primary N) is 2.